The van der Waals surface area contributed by atoms with E-state index in [0.717, 1.165) is 13.0 Å². The van der Waals surface area contributed by atoms with Gasteiger partial charge in [-0.25, -0.2) is 0 Å². The molecule has 0 radical (unpaired) electrons. The fourth-order valence-corrected chi connectivity index (χ4v) is 4.61. The number of unbranched alkanes of at least 4 members (excludes halogenated alkanes) is 10. The van der Waals surface area contributed by atoms with Crippen molar-refractivity contribution >= 4 is 5.69 Å². The van der Waals surface area contributed by atoms with Crippen molar-refractivity contribution in [3.8, 4) is 5.75 Å². The second-order valence-electron chi connectivity index (χ2n) is 11.6. The zero-order chi connectivity index (χ0) is 35.8. The Morgan fingerprint density at radius 3 is 1.00 bits per heavy atom. The quantitative estimate of drug-likeness (QED) is 0.0419. The van der Waals surface area contributed by atoms with E-state index in [9.17, 15) is 10.1 Å². The zero-order valence-electron chi connectivity index (χ0n) is 30.9. The van der Waals surface area contributed by atoms with Crippen molar-refractivity contribution in [1.82, 2.24) is 0 Å². The van der Waals surface area contributed by atoms with Crippen molar-refractivity contribution in [1.29, 1.82) is 0 Å². The highest BCUT2D eigenvalue weighted by atomic mass is 16.6. The average Bonchev–Trinajstić information content (AvgIpc) is 3.12. The van der Waals surface area contributed by atoms with E-state index in [-0.39, 0.29) is 5.69 Å². The number of ether oxygens (including phenoxy) is 10. The molecule has 50 heavy (non-hydrogen) atoms. The molecule has 1 rings (SSSR count). The summed E-state index contributed by atoms with van der Waals surface area (Å²) in [5.74, 6) is 0.561. The summed E-state index contributed by atoms with van der Waals surface area (Å²) in [4.78, 5) is 10.2. The van der Waals surface area contributed by atoms with Gasteiger partial charge in [-0.2, -0.15) is 0 Å². The highest BCUT2D eigenvalue weighted by Crippen LogP contribution is 2.17. The Morgan fingerprint density at radius 1 is 0.400 bits per heavy atom. The third-order valence-electron chi connectivity index (χ3n) is 7.41. The molecule has 0 bridgehead atoms. The molecule has 0 aliphatic carbocycles. The van der Waals surface area contributed by atoms with E-state index in [2.05, 4.69) is 6.92 Å². The van der Waals surface area contributed by atoms with Crippen LogP contribution >= 0.6 is 0 Å². The Hall–Kier alpha value is -1.94. The summed E-state index contributed by atoms with van der Waals surface area (Å²) in [7, 11) is 0. The monoisotopic (exact) mass is 717 g/mol. The second kappa shape index (κ2) is 38.3. The highest BCUT2D eigenvalue weighted by Gasteiger charge is 2.04. The largest absolute Gasteiger partial charge is 0.491 e. The fourth-order valence-electron chi connectivity index (χ4n) is 4.61. The lowest BCUT2D eigenvalue weighted by molar-refractivity contribution is -0.384. The Morgan fingerprint density at radius 2 is 0.680 bits per heavy atom. The van der Waals surface area contributed by atoms with Crippen LogP contribution in [0.5, 0.6) is 5.75 Å². The van der Waals surface area contributed by atoms with Crippen LogP contribution < -0.4 is 4.74 Å². The lowest BCUT2D eigenvalue weighted by Crippen LogP contribution is -2.15. The molecule has 0 spiro atoms. The lowest BCUT2D eigenvalue weighted by Gasteiger charge is -2.09. The first-order valence-corrected chi connectivity index (χ1v) is 18.8. The minimum absolute atomic E-state index is 0.0294. The summed E-state index contributed by atoms with van der Waals surface area (Å²) in [6.45, 7) is 12.1. The van der Waals surface area contributed by atoms with Crippen molar-refractivity contribution in [3.05, 3.63) is 34.4 Å². The predicted molar refractivity (Wildman–Crippen MR) is 192 cm³/mol. The van der Waals surface area contributed by atoms with Crippen LogP contribution in [0.4, 0.5) is 5.69 Å². The van der Waals surface area contributed by atoms with Gasteiger partial charge in [-0.15, -0.1) is 0 Å². The third-order valence-corrected chi connectivity index (χ3v) is 7.41. The molecule has 292 valence electrons. The first-order valence-electron chi connectivity index (χ1n) is 18.8. The van der Waals surface area contributed by atoms with Crippen molar-refractivity contribution in [2.45, 2.75) is 77.6 Å². The predicted octanol–water partition coefficient (Wildman–Crippen LogP) is 6.43. The van der Waals surface area contributed by atoms with Crippen LogP contribution in [0.25, 0.3) is 0 Å². The second-order valence-corrected chi connectivity index (χ2v) is 11.6. The van der Waals surface area contributed by atoms with Crippen LogP contribution in [0.2, 0.25) is 0 Å². The number of nitrogens with zero attached hydrogens (tertiary/aromatic N) is 1. The van der Waals surface area contributed by atoms with Gasteiger partial charge in [0, 0.05) is 18.7 Å². The minimum atomic E-state index is -0.448. The number of nitro groups is 1. The van der Waals surface area contributed by atoms with E-state index in [1.54, 1.807) is 12.1 Å². The summed E-state index contributed by atoms with van der Waals surface area (Å²) in [5.41, 5.74) is 0.0294. The number of hydrogen-bond acceptors (Lipinski definition) is 12. The molecule has 0 saturated carbocycles. The van der Waals surface area contributed by atoms with Gasteiger partial charge in [0.1, 0.15) is 12.4 Å². The van der Waals surface area contributed by atoms with Gasteiger partial charge < -0.3 is 47.4 Å². The first-order chi connectivity index (χ1) is 24.7. The summed E-state index contributed by atoms with van der Waals surface area (Å²) in [5, 5.41) is 10.6. The average molecular weight is 718 g/mol. The molecule has 0 fully saturated rings. The van der Waals surface area contributed by atoms with Crippen molar-refractivity contribution in [2.24, 2.45) is 0 Å². The maximum absolute atomic E-state index is 10.6. The summed E-state index contributed by atoms with van der Waals surface area (Å²) in [6.07, 6.45) is 14.8. The van der Waals surface area contributed by atoms with Crippen LogP contribution in [0.15, 0.2) is 24.3 Å². The molecule has 13 heteroatoms. The molecule has 0 amide bonds. The first kappa shape index (κ1) is 46.1. The van der Waals surface area contributed by atoms with Crippen molar-refractivity contribution < 1.29 is 52.3 Å². The third kappa shape index (κ3) is 33.2. The van der Waals surface area contributed by atoms with Gasteiger partial charge in [0.15, 0.2) is 0 Å². The summed E-state index contributed by atoms with van der Waals surface area (Å²) in [6, 6.07) is 5.93. The van der Waals surface area contributed by atoms with Crippen molar-refractivity contribution in [3.63, 3.8) is 0 Å². The molecule has 0 unspecified atom stereocenters. The molecule has 0 atom stereocenters. The molecule has 0 aliphatic rings. The number of non-ortho nitro benzene ring substituents is 1. The molecule has 0 aliphatic heterocycles. The molecular formula is C37H67NO12. The number of hydrogen-bond donors (Lipinski definition) is 0. The molecule has 0 saturated heterocycles. The van der Waals surface area contributed by atoms with E-state index in [4.69, 9.17) is 47.4 Å². The van der Waals surface area contributed by atoms with Gasteiger partial charge in [0.2, 0.25) is 0 Å². The van der Waals surface area contributed by atoms with Crippen LogP contribution in [0.1, 0.15) is 77.6 Å². The van der Waals surface area contributed by atoms with E-state index < -0.39 is 4.92 Å². The molecule has 0 N–H and O–H groups in total. The van der Waals surface area contributed by atoms with Gasteiger partial charge in [0.25, 0.3) is 5.69 Å². The SMILES string of the molecule is CCCCCCCCCCCCCOCCOCCOCCOCCOCCOCCOCCOCCOCCOc1ccc([N+](=O)[O-])cc1. The fraction of sp³-hybridized carbons (Fsp3) is 0.838. The van der Waals surface area contributed by atoms with Crippen LogP contribution in [-0.2, 0) is 42.6 Å². The van der Waals surface area contributed by atoms with E-state index in [1.165, 1.54) is 76.3 Å². The highest BCUT2D eigenvalue weighted by molar-refractivity contribution is 5.35. The smallest absolute Gasteiger partial charge is 0.269 e. The van der Waals surface area contributed by atoms with Gasteiger partial charge in [-0.3, -0.25) is 10.1 Å². The maximum atomic E-state index is 10.6. The van der Waals surface area contributed by atoms with Crippen LogP contribution in [-0.4, -0.2) is 130 Å². The summed E-state index contributed by atoms with van der Waals surface area (Å²) >= 11 is 0. The molecule has 0 heterocycles. The van der Waals surface area contributed by atoms with Crippen molar-refractivity contribution in [2.75, 3.05) is 126 Å². The zero-order valence-corrected chi connectivity index (χ0v) is 30.9. The van der Waals surface area contributed by atoms with Crippen LogP contribution in [0, 0.1) is 10.1 Å². The number of rotatable bonds is 41. The molecule has 1 aromatic carbocycles. The van der Waals surface area contributed by atoms with E-state index in [1.807, 2.05) is 0 Å². The summed E-state index contributed by atoms with van der Waals surface area (Å²) < 4.78 is 55.1. The lowest BCUT2D eigenvalue weighted by atomic mass is 10.1. The topological polar surface area (TPSA) is 135 Å². The maximum Gasteiger partial charge on any atom is 0.269 e. The molecule has 0 aromatic heterocycles. The Kier molecular flexibility index (Phi) is 35.3. The molecular weight excluding hydrogens is 650 g/mol. The Balaban J connectivity index is 1.63. The van der Waals surface area contributed by atoms with Crippen LogP contribution in [0.3, 0.4) is 0 Å². The van der Waals surface area contributed by atoms with Gasteiger partial charge in [-0.1, -0.05) is 71.1 Å². The minimum Gasteiger partial charge on any atom is -0.491 e. The standard InChI is InChI=1S/C37H67NO12/c1-2-3-4-5-6-7-8-9-10-11-12-17-41-18-19-42-20-21-43-22-23-44-24-25-45-26-27-46-28-29-47-30-31-48-32-33-49-34-35-50-37-15-13-36(14-16-37)38(39)40/h13-16H,2-12,17-35H2,1H3. The number of benzene rings is 1. The van der Waals surface area contributed by atoms with Gasteiger partial charge >= 0.3 is 0 Å². The van der Waals surface area contributed by atoms with E-state index in [0.29, 0.717) is 125 Å². The molecule has 1 aromatic rings. The van der Waals surface area contributed by atoms with Gasteiger partial charge in [-0.05, 0) is 18.6 Å². The Labute approximate surface area is 301 Å². The van der Waals surface area contributed by atoms with E-state index >= 15 is 0 Å². The molecule has 13 nitrogen and oxygen atoms in total. The number of nitro benzene ring substituents is 1. The van der Waals surface area contributed by atoms with Gasteiger partial charge in [0.05, 0.1) is 117 Å². The Bertz CT molecular complexity index is 833. The normalized spacial score (nSPS) is 11.4.